The Balaban J connectivity index is 3.14. The van der Waals surface area contributed by atoms with Gasteiger partial charge in [-0.15, -0.1) is 6.42 Å². The van der Waals surface area contributed by atoms with Gasteiger partial charge in [0.15, 0.2) is 0 Å². The van der Waals surface area contributed by atoms with Gasteiger partial charge in [0.1, 0.15) is 13.2 Å². The standard InChI is InChI=1S/C25H46O5/c1-3-5-6-7-8-9-10-11-12-13-14-15-16-17-25(26)30-24-23-29-22-21-28-20-19-27-18-4-2/h2H,3,5-24H2,1H3. The molecule has 0 rings (SSSR count). The van der Waals surface area contributed by atoms with E-state index in [2.05, 4.69) is 12.8 Å². The van der Waals surface area contributed by atoms with Crippen LogP contribution in [0.1, 0.15) is 96.8 Å². The fourth-order valence-electron chi connectivity index (χ4n) is 3.14. The third-order valence-corrected chi connectivity index (χ3v) is 4.90. The van der Waals surface area contributed by atoms with E-state index in [9.17, 15) is 4.79 Å². The molecular formula is C25H46O5. The Bertz CT molecular complexity index is 391. The Hall–Kier alpha value is -1.09. The Morgan fingerprint density at radius 3 is 1.57 bits per heavy atom. The monoisotopic (exact) mass is 426 g/mol. The average Bonchev–Trinajstić information content (AvgIpc) is 2.75. The lowest BCUT2D eigenvalue weighted by molar-refractivity contribution is -0.145. The first kappa shape index (κ1) is 28.9. The summed E-state index contributed by atoms with van der Waals surface area (Å²) in [6.07, 6.45) is 22.5. The molecule has 0 aliphatic carbocycles. The topological polar surface area (TPSA) is 54.0 Å². The highest BCUT2D eigenvalue weighted by atomic mass is 16.6. The van der Waals surface area contributed by atoms with E-state index in [1.165, 1.54) is 70.6 Å². The van der Waals surface area contributed by atoms with Gasteiger partial charge in [-0.3, -0.25) is 4.79 Å². The number of carbonyl (C=O) groups is 1. The van der Waals surface area contributed by atoms with Crippen LogP contribution in [-0.4, -0.2) is 52.2 Å². The summed E-state index contributed by atoms with van der Waals surface area (Å²) < 4.78 is 20.9. The van der Waals surface area contributed by atoms with Crippen molar-refractivity contribution in [2.24, 2.45) is 0 Å². The van der Waals surface area contributed by atoms with E-state index in [0.717, 1.165) is 12.8 Å². The molecular weight excluding hydrogens is 380 g/mol. The molecule has 0 aliphatic rings. The Labute approximate surface area is 185 Å². The van der Waals surface area contributed by atoms with Crippen LogP contribution >= 0.6 is 0 Å². The summed E-state index contributed by atoms with van der Waals surface area (Å²) in [5.41, 5.74) is 0. The second kappa shape index (κ2) is 25.9. The predicted octanol–water partition coefficient (Wildman–Crippen LogP) is 5.69. The third kappa shape index (κ3) is 24.9. The van der Waals surface area contributed by atoms with Gasteiger partial charge in [0.25, 0.3) is 0 Å². The first-order valence-corrected chi connectivity index (χ1v) is 12.1. The molecule has 0 heterocycles. The molecule has 0 aromatic rings. The summed E-state index contributed by atoms with van der Waals surface area (Å²) in [5, 5.41) is 0. The lowest BCUT2D eigenvalue weighted by atomic mass is 10.0. The smallest absolute Gasteiger partial charge is 0.305 e. The Morgan fingerprint density at radius 1 is 0.633 bits per heavy atom. The van der Waals surface area contributed by atoms with Crippen LogP contribution in [0.15, 0.2) is 0 Å². The minimum atomic E-state index is -0.122. The number of unbranched alkanes of at least 4 members (excludes halogenated alkanes) is 12. The molecule has 0 fully saturated rings. The number of terminal acetylenes is 1. The highest BCUT2D eigenvalue weighted by molar-refractivity contribution is 5.69. The molecule has 0 aliphatic heterocycles. The van der Waals surface area contributed by atoms with Crippen LogP contribution in [0.4, 0.5) is 0 Å². The zero-order valence-electron chi connectivity index (χ0n) is 19.5. The van der Waals surface area contributed by atoms with Crippen LogP contribution in [0.25, 0.3) is 0 Å². The quantitative estimate of drug-likeness (QED) is 0.113. The molecule has 0 bridgehead atoms. The summed E-state index contributed by atoms with van der Waals surface area (Å²) in [4.78, 5) is 11.7. The molecule has 5 heteroatoms. The third-order valence-electron chi connectivity index (χ3n) is 4.90. The van der Waals surface area contributed by atoms with Gasteiger partial charge >= 0.3 is 5.97 Å². The first-order chi connectivity index (χ1) is 14.8. The summed E-state index contributed by atoms with van der Waals surface area (Å²) >= 11 is 0. The maximum Gasteiger partial charge on any atom is 0.305 e. The minimum absolute atomic E-state index is 0.122. The van der Waals surface area contributed by atoms with Crippen LogP contribution in [0.3, 0.4) is 0 Å². The molecule has 0 saturated carbocycles. The summed E-state index contributed by atoms with van der Waals surface area (Å²) in [6, 6.07) is 0. The van der Waals surface area contributed by atoms with Crippen LogP contribution in [-0.2, 0) is 23.7 Å². The molecule has 0 amide bonds. The van der Waals surface area contributed by atoms with Gasteiger partial charge in [0.05, 0.1) is 33.0 Å². The van der Waals surface area contributed by atoms with Crippen molar-refractivity contribution in [1.29, 1.82) is 0 Å². The highest BCUT2D eigenvalue weighted by Crippen LogP contribution is 2.13. The second-order valence-corrected chi connectivity index (χ2v) is 7.69. The van der Waals surface area contributed by atoms with Crippen molar-refractivity contribution >= 4 is 5.97 Å². The van der Waals surface area contributed by atoms with E-state index < -0.39 is 0 Å². The van der Waals surface area contributed by atoms with Crippen molar-refractivity contribution in [3.63, 3.8) is 0 Å². The zero-order chi connectivity index (χ0) is 22.0. The molecule has 0 saturated heterocycles. The van der Waals surface area contributed by atoms with Gasteiger partial charge in [0.2, 0.25) is 0 Å². The van der Waals surface area contributed by atoms with E-state index in [4.69, 9.17) is 25.4 Å². The van der Waals surface area contributed by atoms with Gasteiger partial charge < -0.3 is 18.9 Å². The van der Waals surface area contributed by atoms with Gasteiger partial charge in [-0.25, -0.2) is 0 Å². The van der Waals surface area contributed by atoms with Gasteiger partial charge in [-0.1, -0.05) is 89.9 Å². The molecule has 5 nitrogen and oxygen atoms in total. The molecule has 0 aromatic carbocycles. The van der Waals surface area contributed by atoms with Crippen LogP contribution in [0.2, 0.25) is 0 Å². The van der Waals surface area contributed by atoms with Gasteiger partial charge in [0, 0.05) is 6.42 Å². The lowest BCUT2D eigenvalue weighted by Gasteiger charge is -2.07. The summed E-state index contributed by atoms with van der Waals surface area (Å²) in [7, 11) is 0. The van der Waals surface area contributed by atoms with E-state index >= 15 is 0 Å². The second-order valence-electron chi connectivity index (χ2n) is 7.69. The number of hydrogen-bond acceptors (Lipinski definition) is 5. The van der Waals surface area contributed by atoms with E-state index in [-0.39, 0.29) is 5.97 Å². The zero-order valence-corrected chi connectivity index (χ0v) is 19.5. The average molecular weight is 427 g/mol. The number of hydrogen-bond donors (Lipinski definition) is 0. The SMILES string of the molecule is C#CCOCCOCCOCCOC(=O)CCCCCCCCCCCCCCC. The highest BCUT2D eigenvalue weighted by Gasteiger charge is 2.02. The summed E-state index contributed by atoms with van der Waals surface area (Å²) in [6.45, 7) is 5.24. The van der Waals surface area contributed by atoms with Crippen LogP contribution < -0.4 is 0 Å². The van der Waals surface area contributed by atoms with E-state index in [1.807, 2.05) is 0 Å². The van der Waals surface area contributed by atoms with Crippen molar-refractivity contribution < 1.29 is 23.7 Å². The molecule has 176 valence electrons. The molecule has 0 atom stereocenters. The molecule has 30 heavy (non-hydrogen) atoms. The molecule has 0 unspecified atom stereocenters. The maximum atomic E-state index is 11.7. The van der Waals surface area contributed by atoms with Crippen molar-refractivity contribution in [1.82, 2.24) is 0 Å². The first-order valence-electron chi connectivity index (χ1n) is 12.1. The van der Waals surface area contributed by atoms with Crippen LogP contribution in [0, 0.1) is 12.3 Å². The lowest BCUT2D eigenvalue weighted by Crippen LogP contribution is -2.13. The minimum Gasteiger partial charge on any atom is -0.463 e. The number of ether oxygens (including phenoxy) is 4. The van der Waals surface area contributed by atoms with Crippen molar-refractivity contribution in [2.75, 3.05) is 46.2 Å². The van der Waals surface area contributed by atoms with E-state index in [0.29, 0.717) is 52.7 Å². The predicted molar refractivity (Wildman–Crippen MR) is 123 cm³/mol. The van der Waals surface area contributed by atoms with Crippen LogP contribution in [0.5, 0.6) is 0 Å². The fourth-order valence-corrected chi connectivity index (χ4v) is 3.14. The fraction of sp³-hybridized carbons (Fsp3) is 0.880. The largest absolute Gasteiger partial charge is 0.463 e. The van der Waals surface area contributed by atoms with Crippen molar-refractivity contribution in [3.8, 4) is 12.3 Å². The van der Waals surface area contributed by atoms with E-state index in [1.54, 1.807) is 0 Å². The van der Waals surface area contributed by atoms with Gasteiger partial charge in [-0.05, 0) is 6.42 Å². The van der Waals surface area contributed by atoms with Gasteiger partial charge in [-0.2, -0.15) is 0 Å². The maximum absolute atomic E-state index is 11.7. The number of rotatable bonds is 24. The molecule has 0 spiro atoms. The molecule has 0 aromatic heterocycles. The Kier molecular flexibility index (Phi) is 25.0. The normalized spacial score (nSPS) is 10.8. The Morgan fingerprint density at radius 2 is 1.07 bits per heavy atom. The summed E-state index contributed by atoms with van der Waals surface area (Å²) in [5.74, 6) is 2.27. The molecule has 0 N–H and O–H groups in total. The van der Waals surface area contributed by atoms with Crippen molar-refractivity contribution in [3.05, 3.63) is 0 Å². The molecule has 0 radical (unpaired) electrons. The van der Waals surface area contributed by atoms with Crippen molar-refractivity contribution in [2.45, 2.75) is 96.8 Å². The number of carbonyl (C=O) groups excluding carboxylic acids is 1. The number of esters is 1.